The van der Waals surface area contributed by atoms with Gasteiger partial charge in [-0.05, 0) is 61.7 Å². The molecule has 0 aromatic heterocycles. The average Bonchev–Trinajstić information content (AvgIpc) is 2.90. The summed E-state index contributed by atoms with van der Waals surface area (Å²) in [5.41, 5.74) is 2.31. The lowest BCUT2D eigenvalue weighted by Gasteiger charge is -2.31. The average molecular weight is 376 g/mol. The normalized spacial score (nSPS) is 21.8. The zero-order valence-corrected chi connectivity index (χ0v) is 15.7. The Morgan fingerprint density at radius 2 is 1.93 bits per heavy atom. The highest BCUT2D eigenvalue weighted by atomic mass is 19.4. The second kappa shape index (κ2) is 6.44. The summed E-state index contributed by atoms with van der Waals surface area (Å²) in [6.45, 7) is 5.34. The summed E-state index contributed by atoms with van der Waals surface area (Å²) in [5.74, 6) is 0.879. The van der Waals surface area contributed by atoms with Crippen molar-refractivity contribution in [1.82, 2.24) is 5.32 Å². The topological polar surface area (TPSA) is 24.5 Å². The summed E-state index contributed by atoms with van der Waals surface area (Å²) in [4.78, 5) is 1.81. The fourth-order valence-electron chi connectivity index (χ4n) is 4.32. The SMILES string of the molecule is Cc1ccc(C)c(Oc2cc3c(c(C(F)(F)F)c2)N(C)[C@@H]2CCNC[C@H]32)c1. The number of nitrogens with one attached hydrogen (secondary N) is 1. The number of likely N-dealkylation sites (N-methyl/N-ethyl adjacent to an activating group) is 1. The van der Waals surface area contributed by atoms with Crippen LogP contribution in [0.4, 0.5) is 18.9 Å². The molecule has 2 aliphatic rings. The quantitative estimate of drug-likeness (QED) is 0.797. The number of fused-ring (bicyclic) bond motifs is 3. The second-order valence-corrected chi connectivity index (χ2v) is 7.55. The Morgan fingerprint density at radius 1 is 1.15 bits per heavy atom. The van der Waals surface area contributed by atoms with Gasteiger partial charge in [-0.15, -0.1) is 0 Å². The molecule has 0 radical (unpaired) electrons. The fourth-order valence-corrected chi connectivity index (χ4v) is 4.32. The largest absolute Gasteiger partial charge is 0.457 e. The van der Waals surface area contributed by atoms with Crippen LogP contribution in [-0.4, -0.2) is 26.2 Å². The van der Waals surface area contributed by atoms with E-state index in [2.05, 4.69) is 5.32 Å². The number of piperidine rings is 1. The molecule has 1 fully saturated rings. The molecule has 27 heavy (non-hydrogen) atoms. The maximum absolute atomic E-state index is 13.9. The Morgan fingerprint density at radius 3 is 2.67 bits per heavy atom. The Bertz CT molecular complexity index is 878. The van der Waals surface area contributed by atoms with Crippen molar-refractivity contribution in [3.8, 4) is 11.5 Å². The Labute approximate surface area is 157 Å². The van der Waals surface area contributed by atoms with E-state index in [1.54, 1.807) is 13.1 Å². The van der Waals surface area contributed by atoms with E-state index in [1.807, 2.05) is 36.9 Å². The highest BCUT2D eigenvalue weighted by molar-refractivity contribution is 5.69. The van der Waals surface area contributed by atoms with Gasteiger partial charge in [-0.25, -0.2) is 0 Å². The van der Waals surface area contributed by atoms with Gasteiger partial charge >= 0.3 is 6.18 Å². The van der Waals surface area contributed by atoms with Crippen molar-refractivity contribution >= 4 is 5.69 Å². The summed E-state index contributed by atoms with van der Waals surface area (Å²) >= 11 is 0. The molecule has 0 bridgehead atoms. The van der Waals surface area contributed by atoms with E-state index in [0.29, 0.717) is 18.0 Å². The zero-order valence-electron chi connectivity index (χ0n) is 15.7. The number of benzene rings is 2. The van der Waals surface area contributed by atoms with Crippen LogP contribution in [0.25, 0.3) is 0 Å². The summed E-state index contributed by atoms with van der Waals surface area (Å²) in [7, 11) is 1.77. The minimum Gasteiger partial charge on any atom is -0.457 e. The van der Waals surface area contributed by atoms with Crippen LogP contribution in [-0.2, 0) is 6.18 Å². The molecule has 2 aromatic carbocycles. The molecule has 2 heterocycles. The van der Waals surface area contributed by atoms with Gasteiger partial charge < -0.3 is 15.0 Å². The molecule has 0 saturated carbocycles. The lowest BCUT2D eigenvalue weighted by molar-refractivity contribution is -0.137. The molecule has 0 unspecified atom stereocenters. The summed E-state index contributed by atoms with van der Waals surface area (Å²) in [6, 6.07) is 8.75. The lowest BCUT2D eigenvalue weighted by Crippen LogP contribution is -2.42. The fraction of sp³-hybridized carbons (Fsp3) is 0.429. The van der Waals surface area contributed by atoms with Crippen molar-refractivity contribution < 1.29 is 17.9 Å². The number of anilines is 1. The van der Waals surface area contributed by atoms with Gasteiger partial charge in [0.1, 0.15) is 11.5 Å². The number of aryl methyl sites for hydroxylation is 2. The minimum atomic E-state index is -4.43. The molecule has 144 valence electrons. The van der Waals surface area contributed by atoms with E-state index in [1.165, 1.54) is 0 Å². The summed E-state index contributed by atoms with van der Waals surface area (Å²) in [6.07, 6.45) is -3.60. The van der Waals surface area contributed by atoms with E-state index in [9.17, 15) is 13.2 Å². The molecule has 2 aromatic rings. The maximum Gasteiger partial charge on any atom is 0.418 e. The maximum atomic E-state index is 13.9. The first-order chi connectivity index (χ1) is 12.8. The molecular weight excluding hydrogens is 353 g/mol. The van der Waals surface area contributed by atoms with Crippen molar-refractivity contribution in [1.29, 1.82) is 0 Å². The molecule has 2 aliphatic heterocycles. The molecule has 1 saturated heterocycles. The smallest absolute Gasteiger partial charge is 0.418 e. The molecule has 3 nitrogen and oxygen atoms in total. The molecule has 1 N–H and O–H groups in total. The van der Waals surface area contributed by atoms with Gasteiger partial charge in [-0.3, -0.25) is 0 Å². The number of nitrogens with zero attached hydrogens (tertiary/aromatic N) is 1. The van der Waals surface area contributed by atoms with E-state index >= 15 is 0 Å². The number of hydrogen-bond donors (Lipinski definition) is 1. The Hall–Kier alpha value is -2.21. The number of hydrogen-bond acceptors (Lipinski definition) is 3. The zero-order chi connectivity index (χ0) is 19.3. The van der Waals surface area contributed by atoms with Gasteiger partial charge in [0, 0.05) is 25.6 Å². The van der Waals surface area contributed by atoms with Crippen LogP contribution < -0.4 is 15.0 Å². The van der Waals surface area contributed by atoms with Crippen LogP contribution in [0.3, 0.4) is 0 Å². The Kier molecular flexibility index (Phi) is 4.34. The van der Waals surface area contributed by atoms with E-state index in [4.69, 9.17) is 4.74 Å². The molecule has 0 aliphatic carbocycles. The number of alkyl halides is 3. The number of rotatable bonds is 2. The van der Waals surface area contributed by atoms with Gasteiger partial charge in [0.05, 0.1) is 11.3 Å². The van der Waals surface area contributed by atoms with Crippen LogP contribution >= 0.6 is 0 Å². The molecule has 0 amide bonds. The first-order valence-corrected chi connectivity index (χ1v) is 9.19. The van der Waals surface area contributed by atoms with Gasteiger partial charge in [0.15, 0.2) is 0 Å². The Balaban J connectivity index is 1.82. The first-order valence-electron chi connectivity index (χ1n) is 9.19. The van der Waals surface area contributed by atoms with Crippen LogP contribution in [0.1, 0.15) is 34.6 Å². The van der Waals surface area contributed by atoms with Crippen LogP contribution in [0.5, 0.6) is 11.5 Å². The van der Waals surface area contributed by atoms with E-state index < -0.39 is 11.7 Å². The van der Waals surface area contributed by atoms with Crippen LogP contribution in [0, 0.1) is 13.8 Å². The van der Waals surface area contributed by atoms with Crippen molar-refractivity contribution in [3.05, 3.63) is 52.6 Å². The van der Waals surface area contributed by atoms with Crippen molar-refractivity contribution in [2.75, 3.05) is 25.0 Å². The minimum absolute atomic E-state index is 0.0435. The van der Waals surface area contributed by atoms with Crippen molar-refractivity contribution in [2.24, 2.45) is 0 Å². The van der Waals surface area contributed by atoms with Crippen LogP contribution in [0.2, 0.25) is 0 Å². The number of halogens is 3. The van der Waals surface area contributed by atoms with Gasteiger partial charge in [0.2, 0.25) is 0 Å². The molecule has 4 rings (SSSR count). The van der Waals surface area contributed by atoms with Gasteiger partial charge in [-0.2, -0.15) is 13.2 Å². The highest BCUT2D eigenvalue weighted by Crippen LogP contribution is 2.50. The molecule has 2 atom stereocenters. The van der Waals surface area contributed by atoms with Crippen molar-refractivity contribution in [2.45, 2.75) is 38.4 Å². The number of ether oxygens (including phenoxy) is 1. The van der Waals surface area contributed by atoms with Gasteiger partial charge in [-0.1, -0.05) is 12.1 Å². The summed E-state index contributed by atoms with van der Waals surface area (Å²) < 4.78 is 47.5. The first kappa shape index (κ1) is 18.2. The van der Waals surface area contributed by atoms with Crippen molar-refractivity contribution in [3.63, 3.8) is 0 Å². The standard InChI is InChI=1S/C21H23F3N2O/c1-12-4-5-13(2)19(8-12)27-14-9-15-16-11-25-7-6-18(16)26(3)20(15)17(10-14)21(22,23)24/h4-5,8-10,16,18,25H,6-7,11H2,1-3H3/t16-,18-/m1/s1. The predicted octanol–water partition coefficient (Wildman–Crippen LogP) is 5.01. The lowest BCUT2D eigenvalue weighted by atomic mass is 9.89. The predicted molar refractivity (Wildman–Crippen MR) is 99.9 cm³/mol. The monoisotopic (exact) mass is 376 g/mol. The molecule has 0 spiro atoms. The van der Waals surface area contributed by atoms with Gasteiger partial charge in [0.25, 0.3) is 0 Å². The third-order valence-corrected chi connectivity index (χ3v) is 5.69. The van der Waals surface area contributed by atoms with Crippen LogP contribution in [0.15, 0.2) is 30.3 Å². The third kappa shape index (κ3) is 3.16. The highest BCUT2D eigenvalue weighted by Gasteiger charge is 2.45. The third-order valence-electron chi connectivity index (χ3n) is 5.69. The molecular formula is C21H23F3N2O. The molecule has 6 heteroatoms. The van der Waals surface area contributed by atoms with E-state index in [0.717, 1.165) is 35.7 Å². The second-order valence-electron chi connectivity index (χ2n) is 7.55. The summed E-state index contributed by atoms with van der Waals surface area (Å²) in [5, 5.41) is 3.31. The van der Waals surface area contributed by atoms with E-state index in [-0.39, 0.29) is 17.7 Å².